The van der Waals surface area contributed by atoms with E-state index in [-0.39, 0.29) is 11.7 Å². The molecule has 0 radical (unpaired) electrons. The molecule has 0 amide bonds. The summed E-state index contributed by atoms with van der Waals surface area (Å²) in [6.45, 7) is 1.97. The van der Waals surface area contributed by atoms with Gasteiger partial charge < -0.3 is 10.3 Å². The fourth-order valence-corrected chi connectivity index (χ4v) is 2.08. The molecule has 0 aliphatic rings. The number of nitrogens with one attached hydrogen (secondary N) is 2. The maximum Gasteiger partial charge on any atom is 0.186 e. The van der Waals surface area contributed by atoms with Gasteiger partial charge in [0.05, 0.1) is 17.2 Å². The van der Waals surface area contributed by atoms with Gasteiger partial charge in [0.15, 0.2) is 5.69 Å². The van der Waals surface area contributed by atoms with Crippen LogP contribution in [0.4, 0.5) is 5.69 Å². The van der Waals surface area contributed by atoms with E-state index in [9.17, 15) is 5.26 Å². The number of imidazole rings is 1. The molecule has 2 aromatic heterocycles. The zero-order chi connectivity index (χ0) is 13.9. The van der Waals surface area contributed by atoms with Crippen molar-refractivity contribution in [2.24, 2.45) is 0 Å². The SMILES string of the molecule is CC(Nc1c(C#N)nnc2ccccc12)c1ncc[nH]1. The highest BCUT2D eigenvalue weighted by atomic mass is 15.1. The number of aromatic amines is 1. The molecule has 2 N–H and O–H groups in total. The van der Waals surface area contributed by atoms with Crippen molar-refractivity contribution in [3.63, 3.8) is 0 Å². The van der Waals surface area contributed by atoms with Gasteiger partial charge in [0, 0.05) is 17.8 Å². The van der Waals surface area contributed by atoms with E-state index in [1.807, 2.05) is 31.2 Å². The highest BCUT2D eigenvalue weighted by Gasteiger charge is 2.14. The zero-order valence-corrected chi connectivity index (χ0v) is 10.8. The highest BCUT2D eigenvalue weighted by molar-refractivity contribution is 5.92. The van der Waals surface area contributed by atoms with E-state index in [0.29, 0.717) is 5.69 Å². The summed E-state index contributed by atoms with van der Waals surface area (Å²) in [4.78, 5) is 7.26. The van der Waals surface area contributed by atoms with E-state index in [1.165, 1.54) is 0 Å². The minimum Gasteiger partial charge on any atom is -0.372 e. The largest absolute Gasteiger partial charge is 0.372 e. The predicted molar refractivity (Wildman–Crippen MR) is 74.9 cm³/mol. The highest BCUT2D eigenvalue weighted by Crippen LogP contribution is 2.26. The van der Waals surface area contributed by atoms with Gasteiger partial charge in [-0.1, -0.05) is 18.2 Å². The first-order valence-electron chi connectivity index (χ1n) is 6.21. The zero-order valence-electron chi connectivity index (χ0n) is 10.8. The van der Waals surface area contributed by atoms with Gasteiger partial charge in [0.1, 0.15) is 11.9 Å². The van der Waals surface area contributed by atoms with Crippen LogP contribution in [0.3, 0.4) is 0 Å². The first-order chi connectivity index (χ1) is 9.79. The van der Waals surface area contributed by atoms with Crippen LogP contribution < -0.4 is 5.32 Å². The van der Waals surface area contributed by atoms with Crippen molar-refractivity contribution in [2.45, 2.75) is 13.0 Å². The Morgan fingerprint density at radius 2 is 2.15 bits per heavy atom. The van der Waals surface area contributed by atoms with Crippen molar-refractivity contribution >= 4 is 16.6 Å². The molecular weight excluding hydrogens is 252 g/mol. The number of hydrogen-bond acceptors (Lipinski definition) is 5. The van der Waals surface area contributed by atoms with Crippen molar-refractivity contribution in [1.82, 2.24) is 20.2 Å². The third-order valence-electron chi connectivity index (χ3n) is 3.06. The molecule has 0 fully saturated rings. The van der Waals surface area contributed by atoms with Crippen LogP contribution in [0.25, 0.3) is 10.9 Å². The van der Waals surface area contributed by atoms with Crippen molar-refractivity contribution in [2.75, 3.05) is 5.32 Å². The van der Waals surface area contributed by atoms with E-state index >= 15 is 0 Å². The molecule has 0 aliphatic carbocycles. The van der Waals surface area contributed by atoms with Gasteiger partial charge in [0.25, 0.3) is 0 Å². The van der Waals surface area contributed by atoms with Crippen LogP contribution >= 0.6 is 0 Å². The van der Waals surface area contributed by atoms with Crippen molar-refractivity contribution < 1.29 is 0 Å². The van der Waals surface area contributed by atoms with Crippen LogP contribution in [-0.2, 0) is 0 Å². The maximum atomic E-state index is 9.21. The fraction of sp³-hybridized carbons (Fsp3) is 0.143. The second kappa shape index (κ2) is 4.97. The summed E-state index contributed by atoms with van der Waals surface area (Å²) < 4.78 is 0. The van der Waals surface area contributed by atoms with Gasteiger partial charge in [-0.25, -0.2) is 4.98 Å². The van der Waals surface area contributed by atoms with Crippen molar-refractivity contribution in [3.05, 3.63) is 48.2 Å². The maximum absolute atomic E-state index is 9.21. The molecule has 0 spiro atoms. The number of nitrogens with zero attached hydrogens (tertiary/aromatic N) is 4. The molecule has 6 nitrogen and oxygen atoms in total. The van der Waals surface area contributed by atoms with E-state index in [2.05, 4.69) is 31.6 Å². The summed E-state index contributed by atoms with van der Waals surface area (Å²) in [5.74, 6) is 0.801. The Balaban J connectivity index is 2.07. The molecule has 3 rings (SSSR count). The third-order valence-corrected chi connectivity index (χ3v) is 3.06. The summed E-state index contributed by atoms with van der Waals surface area (Å²) in [6, 6.07) is 9.59. The normalized spacial score (nSPS) is 12.0. The van der Waals surface area contributed by atoms with Gasteiger partial charge >= 0.3 is 0 Å². The molecule has 0 saturated carbocycles. The average Bonchev–Trinajstić information content (AvgIpc) is 3.02. The monoisotopic (exact) mass is 264 g/mol. The Labute approximate surface area is 115 Å². The summed E-state index contributed by atoms with van der Waals surface area (Å²) in [5.41, 5.74) is 1.71. The summed E-state index contributed by atoms with van der Waals surface area (Å²) in [7, 11) is 0. The van der Waals surface area contributed by atoms with Gasteiger partial charge in [-0.3, -0.25) is 0 Å². The number of rotatable bonds is 3. The minimum atomic E-state index is -0.0651. The minimum absolute atomic E-state index is 0.0651. The van der Waals surface area contributed by atoms with E-state index in [0.717, 1.165) is 16.7 Å². The molecule has 1 aromatic carbocycles. The second-order valence-electron chi connectivity index (χ2n) is 4.39. The van der Waals surface area contributed by atoms with Gasteiger partial charge in [-0.05, 0) is 13.0 Å². The number of anilines is 1. The number of benzene rings is 1. The standard InChI is InChI=1S/C14H12N6/c1-9(14-16-6-7-17-14)18-13-10-4-2-3-5-11(10)19-20-12(13)8-15/h2-7,9H,1H3,(H,16,17)(H,18,19). The number of H-pyrrole nitrogens is 1. The van der Waals surface area contributed by atoms with Gasteiger partial charge in [0.2, 0.25) is 0 Å². The van der Waals surface area contributed by atoms with Crippen molar-refractivity contribution in [3.8, 4) is 6.07 Å². The Morgan fingerprint density at radius 3 is 2.90 bits per heavy atom. The average molecular weight is 264 g/mol. The molecular formula is C14H12N6. The van der Waals surface area contributed by atoms with Crippen LogP contribution in [-0.4, -0.2) is 20.2 Å². The first-order valence-corrected chi connectivity index (χ1v) is 6.21. The summed E-state index contributed by atoms with van der Waals surface area (Å²) in [6.07, 6.45) is 3.46. The van der Waals surface area contributed by atoms with Crippen LogP contribution in [0.1, 0.15) is 24.5 Å². The Morgan fingerprint density at radius 1 is 1.30 bits per heavy atom. The molecule has 2 heterocycles. The summed E-state index contributed by atoms with van der Waals surface area (Å²) in [5, 5.41) is 21.4. The third kappa shape index (κ3) is 2.06. The van der Waals surface area contributed by atoms with Crippen LogP contribution in [0.2, 0.25) is 0 Å². The van der Waals surface area contributed by atoms with Crippen LogP contribution in [0.15, 0.2) is 36.7 Å². The van der Waals surface area contributed by atoms with E-state index in [1.54, 1.807) is 12.4 Å². The Kier molecular flexibility index (Phi) is 3.01. The molecule has 3 aromatic rings. The molecule has 0 aliphatic heterocycles. The second-order valence-corrected chi connectivity index (χ2v) is 4.39. The quantitative estimate of drug-likeness (QED) is 0.758. The fourth-order valence-electron chi connectivity index (χ4n) is 2.08. The lowest BCUT2D eigenvalue weighted by atomic mass is 10.1. The topological polar surface area (TPSA) is 90.3 Å². The molecule has 6 heteroatoms. The Hall–Kier alpha value is -2.94. The number of aromatic nitrogens is 4. The van der Waals surface area contributed by atoms with Crippen molar-refractivity contribution in [1.29, 1.82) is 5.26 Å². The van der Waals surface area contributed by atoms with Gasteiger partial charge in [-0.15, -0.1) is 10.2 Å². The molecule has 20 heavy (non-hydrogen) atoms. The first kappa shape index (κ1) is 12.1. The number of fused-ring (bicyclic) bond motifs is 1. The molecule has 1 atom stereocenters. The molecule has 0 bridgehead atoms. The lowest BCUT2D eigenvalue weighted by Crippen LogP contribution is -2.11. The Bertz CT molecular complexity index is 772. The van der Waals surface area contributed by atoms with Gasteiger partial charge in [-0.2, -0.15) is 5.26 Å². The molecule has 1 unspecified atom stereocenters. The van der Waals surface area contributed by atoms with E-state index < -0.39 is 0 Å². The number of hydrogen-bond donors (Lipinski definition) is 2. The molecule has 0 saturated heterocycles. The lowest BCUT2D eigenvalue weighted by Gasteiger charge is -2.15. The molecule has 98 valence electrons. The summed E-state index contributed by atoms with van der Waals surface area (Å²) >= 11 is 0. The van der Waals surface area contributed by atoms with Crippen LogP contribution in [0, 0.1) is 11.3 Å². The smallest absolute Gasteiger partial charge is 0.186 e. The van der Waals surface area contributed by atoms with E-state index in [4.69, 9.17) is 0 Å². The predicted octanol–water partition coefficient (Wildman–Crippen LogP) is 2.40. The number of nitriles is 1. The lowest BCUT2D eigenvalue weighted by molar-refractivity contribution is 0.808. The van der Waals surface area contributed by atoms with Crippen LogP contribution in [0.5, 0.6) is 0 Å².